The van der Waals surface area contributed by atoms with Gasteiger partial charge in [0.2, 0.25) is 5.91 Å². The molecule has 8 nitrogen and oxygen atoms in total. The second-order valence-corrected chi connectivity index (χ2v) is 12.4. The van der Waals surface area contributed by atoms with Gasteiger partial charge in [0.15, 0.2) is 11.6 Å². The molecule has 3 fully saturated rings. The van der Waals surface area contributed by atoms with Crippen LogP contribution in [0.25, 0.3) is 11.3 Å². The van der Waals surface area contributed by atoms with Crippen molar-refractivity contribution in [3.8, 4) is 17.0 Å². The number of hydrogen-bond acceptors (Lipinski definition) is 7. The van der Waals surface area contributed by atoms with Crippen LogP contribution in [0, 0.1) is 30.4 Å². The van der Waals surface area contributed by atoms with Gasteiger partial charge in [0, 0.05) is 56.3 Å². The van der Waals surface area contributed by atoms with Gasteiger partial charge in [-0.25, -0.2) is 13.8 Å². The molecule has 6 rings (SSSR count). The molecule has 1 atom stereocenters. The summed E-state index contributed by atoms with van der Waals surface area (Å²) >= 11 is 0. The third-order valence-electron chi connectivity index (χ3n) is 9.47. The van der Waals surface area contributed by atoms with Crippen LogP contribution in [0.2, 0.25) is 0 Å². The maximum absolute atomic E-state index is 15.2. The number of rotatable bonds is 8. The Morgan fingerprint density at radius 2 is 1.74 bits per heavy atom. The molecule has 3 aliphatic rings. The zero-order chi connectivity index (χ0) is 31.5. The van der Waals surface area contributed by atoms with Gasteiger partial charge in [-0.05, 0) is 79.8 Å². The Hall–Kier alpha value is -3.05. The van der Waals surface area contributed by atoms with Crippen LogP contribution < -0.4 is 44.3 Å². The molecule has 3 aliphatic heterocycles. The van der Waals surface area contributed by atoms with E-state index in [1.54, 1.807) is 18.2 Å². The van der Waals surface area contributed by atoms with Crippen molar-refractivity contribution in [3.63, 3.8) is 0 Å². The number of likely N-dealkylation sites (tertiary alicyclic amines) is 1. The normalized spacial score (nSPS) is 19.2. The number of carboxylic acid groups (broad SMARTS) is 1. The van der Waals surface area contributed by atoms with Gasteiger partial charge in [-0.1, -0.05) is 24.3 Å². The monoisotopic (exact) mass is 641 g/mol. The Labute approximate surface area is 290 Å². The number of aryl methyl sites for hydroxylation is 1. The first-order valence-corrected chi connectivity index (χ1v) is 15.8. The van der Waals surface area contributed by atoms with Gasteiger partial charge in [-0.15, -0.1) is 0 Å². The Balaban J connectivity index is 0.00000417. The van der Waals surface area contributed by atoms with Gasteiger partial charge >= 0.3 is 29.6 Å². The van der Waals surface area contributed by atoms with E-state index in [2.05, 4.69) is 17.1 Å². The van der Waals surface area contributed by atoms with E-state index in [-0.39, 0.29) is 59.3 Å². The van der Waals surface area contributed by atoms with Crippen LogP contribution in [-0.4, -0.2) is 61.2 Å². The van der Waals surface area contributed by atoms with Crippen molar-refractivity contribution in [2.45, 2.75) is 51.6 Å². The topological polar surface area (TPSA) is 95.0 Å². The molecular weight excluding hydrogens is 603 g/mol. The van der Waals surface area contributed by atoms with E-state index in [0.717, 1.165) is 49.5 Å². The van der Waals surface area contributed by atoms with Crippen molar-refractivity contribution in [2.75, 3.05) is 44.3 Å². The summed E-state index contributed by atoms with van der Waals surface area (Å²) in [5.74, 6) is -1.99. The Morgan fingerprint density at radius 3 is 2.41 bits per heavy atom. The SMILES string of the molecule is Cc1cc(C2CCN(C(=O)C3CCOC3)CC2)ccc1COc1c(F)cc(F)cc1-c1cccc(N2CCC(C(=O)[O-])CC2)n1.[Na+]. The Morgan fingerprint density at radius 1 is 0.978 bits per heavy atom. The smallest absolute Gasteiger partial charge is 0.550 e. The summed E-state index contributed by atoms with van der Waals surface area (Å²) in [7, 11) is 0. The third kappa shape index (κ3) is 7.73. The van der Waals surface area contributed by atoms with Crippen LogP contribution in [0.15, 0.2) is 48.5 Å². The van der Waals surface area contributed by atoms with E-state index < -0.39 is 23.5 Å². The van der Waals surface area contributed by atoms with Crippen molar-refractivity contribution >= 4 is 17.7 Å². The van der Waals surface area contributed by atoms with Gasteiger partial charge in [-0.3, -0.25) is 4.79 Å². The molecule has 0 N–H and O–H groups in total. The summed E-state index contributed by atoms with van der Waals surface area (Å²) in [4.78, 5) is 32.6. The second-order valence-electron chi connectivity index (χ2n) is 12.4. The van der Waals surface area contributed by atoms with Crippen LogP contribution in [-0.2, 0) is 20.9 Å². The van der Waals surface area contributed by atoms with E-state index in [9.17, 15) is 19.1 Å². The van der Waals surface area contributed by atoms with Crippen molar-refractivity contribution < 1.29 is 62.5 Å². The Bertz CT molecular complexity index is 1550. The van der Waals surface area contributed by atoms with E-state index in [1.165, 1.54) is 11.6 Å². The first-order chi connectivity index (χ1) is 21.8. The van der Waals surface area contributed by atoms with E-state index in [0.29, 0.717) is 56.6 Å². The van der Waals surface area contributed by atoms with Crippen LogP contribution >= 0.6 is 0 Å². The zero-order valence-corrected chi connectivity index (χ0v) is 28.5. The molecule has 4 heterocycles. The molecule has 0 bridgehead atoms. The molecule has 0 spiro atoms. The number of carbonyl (C=O) groups is 2. The van der Waals surface area contributed by atoms with Crippen LogP contribution in [0.3, 0.4) is 0 Å². The average molecular weight is 642 g/mol. The number of piperidine rings is 2. The average Bonchev–Trinajstić information content (AvgIpc) is 3.60. The summed E-state index contributed by atoms with van der Waals surface area (Å²) in [6.45, 7) is 5.76. The number of hydrogen-bond donors (Lipinski definition) is 0. The number of aromatic nitrogens is 1. The van der Waals surface area contributed by atoms with E-state index >= 15 is 4.39 Å². The number of aliphatic carboxylic acids is 1. The molecule has 3 saturated heterocycles. The number of benzene rings is 2. The minimum absolute atomic E-state index is 0. The molecule has 11 heteroatoms. The molecule has 238 valence electrons. The van der Waals surface area contributed by atoms with Crippen molar-refractivity contribution in [1.82, 2.24) is 9.88 Å². The standard InChI is InChI=1S/C35H39F2N3O5.Na/c1-22-17-25(23-7-14-40(15-8-23)34(41)27-11-16-44-20-27)5-6-26(22)21-45-33-29(18-28(36)19-30(33)37)31-3-2-4-32(38-31)39-12-9-24(10-13-39)35(42)43;/h2-6,17-19,23-24,27H,7-16,20-21H2,1H3,(H,42,43);/q;+1/p-1. The number of anilines is 1. The number of carbonyl (C=O) groups excluding carboxylic acids is 2. The van der Waals surface area contributed by atoms with Gasteiger partial charge in [0.05, 0.1) is 18.2 Å². The fourth-order valence-electron chi connectivity index (χ4n) is 6.70. The maximum Gasteiger partial charge on any atom is 1.00 e. The van der Waals surface area contributed by atoms with Crippen molar-refractivity contribution in [1.29, 1.82) is 0 Å². The molecule has 2 aromatic carbocycles. The number of carboxylic acids is 1. The Kier molecular flexibility index (Phi) is 11.4. The summed E-state index contributed by atoms with van der Waals surface area (Å²) in [6, 6.07) is 13.5. The fraction of sp³-hybridized carbons (Fsp3) is 0.457. The predicted molar refractivity (Wildman–Crippen MR) is 163 cm³/mol. The molecule has 3 aromatic rings. The molecular formula is C35H38F2N3NaO5. The molecule has 0 saturated carbocycles. The van der Waals surface area contributed by atoms with Crippen LogP contribution in [0.5, 0.6) is 5.75 Å². The largest absolute Gasteiger partial charge is 1.00 e. The molecule has 1 unspecified atom stereocenters. The minimum atomic E-state index is -1.04. The number of pyridine rings is 1. The molecule has 0 radical (unpaired) electrons. The first-order valence-electron chi connectivity index (χ1n) is 15.8. The van der Waals surface area contributed by atoms with Gasteiger partial charge in [0.1, 0.15) is 18.2 Å². The number of nitrogens with zero attached hydrogens (tertiary/aromatic N) is 3. The number of amides is 1. The van der Waals surface area contributed by atoms with Crippen LogP contribution in [0.4, 0.5) is 14.6 Å². The fourth-order valence-corrected chi connectivity index (χ4v) is 6.70. The summed E-state index contributed by atoms with van der Waals surface area (Å²) in [5, 5.41) is 11.2. The summed E-state index contributed by atoms with van der Waals surface area (Å²) < 4.78 is 41.0. The number of halogens is 2. The van der Waals surface area contributed by atoms with Gasteiger partial charge < -0.3 is 29.2 Å². The molecule has 0 aliphatic carbocycles. The minimum Gasteiger partial charge on any atom is -0.550 e. The first kappa shape index (κ1) is 34.3. The summed E-state index contributed by atoms with van der Waals surface area (Å²) in [6.07, 6.45) is 3.51. The van der Waals surface area contributed by atoms with E-state index in [4.69, 9.17) is 9.47 Å². The van der Waals surface area contributed by atoms with Gasteiger partial charge in [-0.2, -0.15) is 0 Å². The summed E-state index contributed by atoms with van der Waals surface area (Å²) in [5.41, 5.74) is 3.68. The maximum atomic E-state index is 15.2. The molecule has 1 aromatic heterocycles. The van der Waals surface area contributed by atoms with Crippen molar-refractivity contribution in [3.05, 3.63) is 76.9 Å². The third-order valence-corrected chi connectivity index (χ3v) is 9.47. The van der Waals surface area contributed by atoms with Crippen molar-refractivity contribution in [2.24, 2.45) is 11.8 Å². The quantitative estimate of drug-likeness (QED) is 0.345. The van der Waals surface area contributed by atoms with E-state index in [1.807, 2.05) is 22.8 Å². The second kappa shape index (κ2) is 15.2. The zero-order valence-electron chi connectivity index (χ0n) is 26.5. The number of ether oxygens (including phenoxy) is 2. The van der Waals surface area contributed by atoms with Crippen LogP contribution in [0.1, 0.15) is 54.7 Å². The van der Waals surface area contributed by atoms with Gasteiger partial charge in [0.25, 0.3) is 0 Å². The molecule has 1 amide bonds. The molecule has 46 heavy (non-hydrogen) atoms. The predicted octanol–water partition coefficient (Wildman–Crippen LogP) is 1.63.